The predicted octanol–water partition coefficient (Wildman–Crippen LogP) is 4.57. The molecule has 0 saturated carbocycles. The highest BCUT2D eigenvalue weighted by atomic mass is 79.9. The number of rotatable bonds is 1. The van der Waals surface area contributed by atoms with E-state index in [0.29, 0.717) is 16.8 Å². The minimum absolute atomic E-state index is 0.0703. The zero-order chi connectivity index (χ0) is 16.1. The van der Waals surface area contributed by atoms with Gasteiger partial charge in [0.2, 0.25) is 5.69 Å². The first kappa shape index (κ1) is 15.0. The van der Waals surface area contributed by atoms with Crippen LogP contribution < -0.4 is 0 Å². The summed E-state index contributed by atoms with van der Waals surface area (Å²) < 4.78 is 1.48. The average Bonchev–Trinajstić information content (AvgIpc) is 2.71. The molecule has 22 heavy (non-hydrogen) atoms. The van der Waals surface area contributed by atoms with Gasteiger partial charge < -0.3 is 5.21 Å². The summed E-state index contributed by atoms with van der Waals surface area (Å²) in [4.78, 5) is 12.7. The molecular formula is C18H16BrNO2. The molecule has 2 aromatic rings. The Kier molecular flexibility index (Phi) is 3.44. The summed E-state index contributed by atoms with van der Waals surface area (Å²) in [7, 11) is 0. The molecule has 1 aliphatic rings. The van der Waals surface area contributed by atoms with Gasteiger partial charge in [0.1, 0.15) is 5.56 Å². The molecule has 0 spiro atoms. The van der Waals surface area contributed by atoms with E-state index >= 15 is 0 Å². The van der Waals surface area contributed by atoms with Crippen molar-refractivity contribution in [2.45, 2.75) is 26.2 Å². The number of halogens is 1. The van der Waals surface area contributed by atoms with Gasteiger partial charge >= 0.3 is 0 Å². The van der Waals surface area contributed by atoms with Crippen LogP contribution >= 0.6 is 15.9 Å². The number of Topliss-reactive ketones (excluding diaryl/α,β-unsaturated/α-hetero) is 1. The van der Waals surface area contributed by atoms with Gasteiger partial charge in [-0.05, 0) is 45.1 Å². The van der Waals surface area contributed by atoms with Crippen molar-refractivity contribution < 1.29 is 9.53 Å². The second kappa shape index (κ2) is 5.06. The number of hydrogen-bond acceptors (Lipinski definition) is 2. The number of hydrogen-bond donors (Lipinski definition) is 0. The molecule has 0 aromatic heterocycles. The topological polar surface area (TPSA) is 43.1 Å². The summed E-state index contributed by atoms with van der Waals surface area (Å²) >= 11 is 3.41. The van der Waals surface area contributed by atoms with Gasteiger partial charge in [-0.2, -0.15) is 4.74 Å². The lowest BCUT2D eigenvalue weighted by molar-refractivity contribution is -0.355. The molecule has 1 aliphatic heterocycles. The Bertz CT molecular complexity index is 816. The molecule has 0 amide bonds. The summed E-state index contributed by atoms with van der Waals surface area (Å²) in [6.45, 7) is 6.25. The van der Waals surface area contributed by atoms with Crippen LogP contribution in [0, 0.1) is 5.21 Å². The largest absolute Gasteiger partial charge is 0.618 e. The minimum Gasteiger partial charge on any atom is -0.618 e. The number of nitrogens with zero attached hydrogens (tertiary/aromatic N) is 1. The van der Waals surface area contributed by atoms with Crippen molar-refractivity contribution in [3.05, 3.63) is 68.8 Å². The molecule has 2 aromatic carbocycles. The van der Waals surface area contributed by atoms with Crippen molar-refractivity contribution in [1.29, 1.82) is 0 Å². The highest BCUT2D eigenvalue weighted by Gasteiger charge is 2.38. The van der Waals surface area contributed by atoms with Crippen LogP contribution in [0.15, 0.2) is 46.9 Å². The molecule has 1 heterocycles. The molecule has 3 rings (SSSR count). The molecule has 0 aliphatic carbocycles. The van der Waals surface area contributed by atoms with Crippen molar-refractivity contribution in [1.82, 2.24) is 0 Å². The van der Waals surface area contributed by atoms with Crippen LogP contribution in [0.25, 0.3) is 0 Å². The fourth-order valence-corrected chi connectivity index (χ4v) is 3.06. The second-order valence-electron chi connectivity index (χ2n) is 6.43. The maximum absolute atomic E-state index is 12.7. The third kappa shape index (κ3) is 2.28. The summed E-state index contributed by atoms with van der Waals surface area (Å²) in [5.74, 6) is -0.219. The summed E-state index contributed by atoms with van der Waals surface area (Å²) in [5, 5.41) is 12.6. The highest BCUT2D eigenvalue weighted by molar-refractivity contribution is 9.10. The molecule has 0 N–H and O–H groups in total. The smallest absolute Gasteiger partial charge is 0.274 e. The van der Waals surface area contributed by atoms with E-state index in [2.05, 4.69) is 36.7 Å². The normalized spacial score (nSPS) is 14.5. The van der Waals surface area contributed by atoms with E-state index < -0.39 is 0 Å². The van der Waals surface area contributed by atoms with Gasteiger partial charge in [0.15, 0.2) is 0 Å². The number of fused-ring (bicyclic) bond motifs is 1. The van der Waals surface area contributed by atoms with Crippen LogP contribution in [0.3, 0.4) is 0 Å². The van der Waals surface area contributed by atoms with Crippen molar-refractivity contribution in [3.8, 4) is 0 Å². The van der Waals surface area contributed by atoms with E-state index in [1.54, 1.807) is 12.1 Å². The predicted molar refractivity (Wildman–Crippen MR) is 91.0 cm³/mol. The third-order valence-electron chi connectivity index (χ3n) is 3.87. The van der Waals surface area contributed by atoms with Crippen molar-refractivity contribution in [2.75, 3.05) is 0 Å². The molecule has 0 fully saturated rings. The minimum atomic E-state index is -0.219. The first-order valence-corrected chi connectivity index (χ1v) is 7.88. The fraction of sp³-hybridized carbons (Fsp3) is 0.222. The molecular weight excluding hydrogens is 342 g/mol. The van der Waals surface area contributed by atoms with Gasteiger partial charge in [-0.3, -0.25) is 4.79 Å². The molecule has 0 atom stereocenters. The Balaban J connectivity index is 2.16. The van der Waals surface area contributed by atoms with E-state index in [0.717, 1.165) is 14.8 Å². The summed E-state index contributed by atoms with van der Waals surface area (Å²) in [5.41, 5.74) is 2.67. The molecule has 3 nitrogen and oxygen atoms in total. The van der Waals surface area contributed by atoms with Crippen LogP contribution in [0.4, 0.5) is 5.69 Å². The molecule has 0 radical (unpaired) electrons. The standard InChI is InChI=1S/C18H16BrNO2/c1-18(2,3)11-8-9-15-13(10-11)17(21)16(20(15)22)12-6-4-5-7-14(12)19/h4-10H,1-3H3. The Labute approximate surface area is 138 Å². The number of ketones is 1. The molecule has 0 saturated heterocycles. The quantitative estimate of drug-likeness (QED) is 0.553. The van der Waals surface area contributed by atoms with Gasteiger partial charge in [0.05, 0.1) is 5.56 Å². The lowest BCUT2D eigenvalue weighted by atomic mass is 9.85. The van der Waals surface area contributed by atoms with Gasteiger partial charge in [-0.25, -0.2) is 0 Å². The van der Waals surface area contributed by atoms with E-state index in [4.69, 9.17) is 0 Å². The van der Waals surface area contributed by atoms with Crippen LogP contribution in [0.5, 0.6) is 0 Å². The van der Waals surface area contributed by atoms with E-state index in [1.165, 1.54) is 0 Å². The number of benzene rings is 2. The summed E-state index contributed by atoms with van der Waals surface area (Å²) in [6, 6.07) is 12.8. The Morgan fingerprint density at radius 2 is 1.73 bits per heavy atom. The van der Waals surface area contributed by atoms with Crippen LogP contribution in [0.2, 0.25) is 0 Å². The van der Waals surface area contributed by atoms with Gasteiger partial charge in [-0.15, -0.1) is 0 Å². The Morgan fingerprint density at radius 1 is 1.05 bits per heavy atom. The van der Waals surface area contributed by atoms with Gasteiger partial charge in [0.25, 0.3) is 11.5 Å². The Hall–Kier alpha value is -1.94. The van der Waals surface area contributed by atoms with E-state index in [1.807, 2.05) is 30.3 Å². The zero-order valence-corrected chi connectivity index (χ0v) is 14.3. The van der Waals surface area contributed by atoms with Crippen LogP contribution in [-0.4, -0.2) is 16.2 Å². The number of carbonyl (C=O) groups excluding carboxylic acids is 1. The lowest BCUT2D eigenvalue weighted by Gasteiger charge is -2.19. The lowest BCUT2D eigenvalue weighted by Crippen LogP contribution is -2.17. The summed E-state index contributed by atoms with van der Waals surface area (Å²) in [6.07, 6.45) is 0. The van der Waals surface area contributed by atoms with E-state index in [9.17, 15) is 10.0 Å². The van der Waals surface area contributed by atoms with Gasteiger partial charge in [-0.1, -0.05) is 39.0 Å². The fourth-order valence-electron chi connectivity index (χ4n) is 2.59. The van der Waals surface area contributed by atoms with E-state index in [-0.39, 0.29) is 16.9 Å². The maximum Gasteiger partial charge on any atom is 0.274 e. The second-order valence-corrected chi connectivity index (χ2v) is 7.29. The van der Waals surface area contributed by atoms with Crippen LogP contribution in [0.1, 0.15) is 42.3 Å². The van der Waals surface area contributed by atoms with Crippen molar-refractivity contribution in [3.63, 3.8) is 0 Å². The molecule has 112 valence electrons. The first-order valence-electron chi connectivity index (χ1n) is 7.09. The molecule has 0 bridgehead atoms. The SMILES string of the molecule is CC(C)(C)c1ccc2c(c1)C(=O)C(c1ccccc1Br)=[N+]2[O-]. The van der Waals surface area contributed by atoms with Crippen molar-refractivity contribution >= 4 is 33.1 Å². The highest BCUT2D eigenvalue weighted by Crippen LogP contribution is 2.33. The first-order chi connectivity index (χ1) is 10.3. The van der Waals surface area contributed by atoms with Crippen LogP contribution in [-0.2, 0) is 5.41 Å². The number of carbonyl (C=O) groups is 1. The maximum atomic E-state index is 12.7. The molecule has 0 unspecified atom stereocenters. The van der Waals surface area contributed by atoms with Gasteiger partial charge in [0, 0.05) is 10.5 Å². The average molecular weight is 358 g/mol. The molecule has 4 heteroatoms. The third-order valence-corrected chi connectivity index (χ3v) is 4.56. The Morgan fingerprint density at radius 3 is 2.36 bits per heavy atom. The van der Waals surface area contributed by atoms with Crippen molar-refractivity contribution in [2.24, 2.45) is 0 Å². The monoisotopic (exact) mass is 357 g/mol. The zero-order valence-electron chi connectivity index (χ0n) is 12.7.